The molecule has 4 aromatic rings. The molecule has 4 heterocycles. The van der Waals surface area contributed by atoms with Crippen LogP contribution in [0.3, 0.4) is 0 Å². The number of rotatable bonds is 7. The lowest BCUT2D eigenvalue weighted by molar-refractivity contribution is -0.131. The molecule has 0 unspecified atom stereocenters. The van der Waals surface area contributed by atoms with Gasteiger partial charge in [-0.3, -0.25) is 18.6 Å². The molecule has 3 aromatic heterocycles. The van der Waals surface area contributed by atoms with Gasteiger partial charge in [0.15, 0.2) is 0 Å². The Bertz CT molecular complexity index is 1370. The molecule has 0 saturated carbocycles. The number of carbonyl (C=O) groups is 1. The number of amides is 1. The summed E-state index contributed by atoms with van der Waals surface area (Å²) in [5, 5.41) is 11.4. The van der Waals surface area contributed by atoms with Crippen molar-refractivity contribution in [3.05, 3.63) is 56.9 Å². The Morgan fingerprint density at radius 1 is 1.09 bits per heavy atom. The molecule has 1 saturated heterocycles. The fraction of sp³-hybridized carbons (Fsp3) is 0.417. The number of aryl methyl sites for hydroxylation is 2. The summed E-state index contributed by atoms with van der Waals surface area (Å²) < 4.78 is 4.41. The van der Waals surface area contributed by atoms with E-state index >= 15 is 0 Å². The fourth-order valence-electron chi connectivity index (χ4n) is 4.59. The topological polar surface area (TPSA) is 75.7 Å². The Morgan fingerprint density at radius 2 is 1.85 bits per heavy atom. The highest BCUT2D eigenvalue weighted by Crippen LogP contribution is 2.22. The molecule has 178 valence electrons. The number of anilines is 1. The van der Waals surface area contributed by atoms with Gasteiger partial charge in [-0.25, -0.2) is 0 Å². The third kappa shape index (κ3) is 4.30. The highest BCUT2D eigenvalue weighted by Gasteiger charge is 2.22. The van der Waals surface area contributed by atoms with Crippen LogP contribution in [0.2, 0.25) is 5.02 Å². The molecule has 34 heavy (non-hydrogen) atoms. The highest BCUT2D eigenvalue weighted by atomic mass is 35.5. The van der Waals surface area contributed by atoms with Crippen LogP contribution < -0.4 is 10.5 Å². The van der Waals surface area contributed by atoms with Gasteiger partial charge >= 0.3 is 0 Å². The Morgan fingerprint density at radius 3 is 2.59 bits per heavy atom. The first-order valence-electron chi connectivity index (χ1n) is 11.7. The van der Waals surface area contributed by atoms with Crippen LogP contribution in [0.4, 0.5) is 5.69 Å². The van der Waals surface area contributed by atoms with Crippen molar-refractivity contribution in [3.8, 4) is 0 Å². The van der Waals surface area contributed by atoms with Gasteiger partial charge in [0.05, 0.1) is 5.52 Å². The zero-order valence-electron chi connectivity index (χ0n) is 19.1. The van der Waals surface area contributed by atoms with Crippen LogP contribution in [-0.2, 0) is 17.8 Å². The maximum absolute atomic E-state index is 12.8. The largest absolute Gasteiger partial charge is 0.368 e. The number of hydrogen-bond donors (Lipinski definition) is 0. The average Bonchev–Trinajstić information content (AvgIpc) is 3.50. The van der Waals surface area contributed by atoms with Crippen molar-refractivity contribution >= 4 is 50.5 Å². The van der Waals surface area contributed by atoms with E-state index in [1.165, 1.54) is 11.3 Å². The Labute approximate surface area is 206 Å². The van der Waals surface area contributed by atoms with Crippen LogP contribution in [0.15, 0.2) is 40.5 Å². The molecule has 5 rings (SSSR count). The molecule has 0 bridgehead atoms. The quantitative estimate of drug-likeness (QED) is 0.387. The second-order valence-electron chi connectivity index (χ2n) is 8.54. The van der Waals surface area contributed by atoms with E-state index in [9.17, 15) is 9.59 Å². The Balaban J connectivity index is 1.22. The molecular formula is C24H27ClN6O2S. The van der Waals surface area contributed by atoms with Gasteiger partial charge < -0.3 is 9.80 Å². The van der Waals surface area contributed by atoms with Gasteiger partial charge in [0.1, 0.15) is 10.5 Å². The minimum atomic E-state index is -0.00813. The molecule has 0 radical (unpaired) electrons. The van der Waals surface area contributed by atoms with Crippen LogP contribution in [0.25, 0.3) is 16.0 Å². The maximum atomic E-state index is 12.8. The van der Waals surface area contributed by atoms with E-state index in [1.54, 1.807) is 4.57 Å². The zero-order chi connectivity index (χ0) is 23.7. The van der Waals surface area contributed by atoms with E-state index in [4.69, 9.17) is 11.6 Å². The lowest BCUT2D eigenvalue weighted by Gasteiger charge is -2.36. The summed E-state index contributed by atoms with van der Waals surface area (Å²) in [4.78, 5) is 29.9. The summed E-state index contributed by atoms with van der Waals surface area (Å²) in [6, 6.07) is 9.78. The molecule has 0 spiro atoms. The van der Waals surface area contributed by atoms with Crippen LogP contribution in [0, 0.1) is 0 Å². The van der Waals surface area contributed by atoms with Gasteiger partial charge in [-0.1, -0.05) is 18.5 Å². The molecule has 8 nitrogen and oxygen atoms in total. The normalized spacial score (nSPS) is 14.4. The monoisotopic (exact) mass is 498 g/mol. The second kappa shape index (κ2) is 9.76. The van der Waals surface area contributed by atoms with Gasteiger partial charge in [0.2, 0.25) is 11.7 Å². The van der Waals surface area contributed by atoms with E-state index in [2.05, 4.69) is 15.1 Å². The molecule has 1 aliphatic heterocycles. The van der Waals surface area contributed by atoms with Crippen molar-refractivity contribution in [3.63, 3.8) is 0 Å². The lowest BCUT2D eigenvalue weighted by atomic mass is 10.2. The lowest BCUT2D eigenvalue weighted by Crippen LogP contribution is -2.48. The maximum Gasteiger partial charge on any atom is 0.272 e. The summed E-state index contributed by atoms with van der Waals surface area (Å²) in [6.45, 7) is 5.71. The fourth-order valence-corrected chi connectivity index (χ4v) is 5.54. The zero-order valence-corrected chi connectivity index (χ0v) is 20.7. The van der Waals surface area contributed by atoms with Gasteiger partial charge in [0, 0.05) is 56.3 Å². The third-order valence-corrected chi connectivity index (χ3v) is 7.49. The molecule has 10 heteroatoms. The van der Waals surface area contributed by atoms with E-state index in [-0.39, 0.29) is 11.5 Å². The second-order valence-corrected chi connectivity index (χ2v) is 9.89. The van der Waals surface area contributed by atoms with Crippen LogP contribution >= 0.6 is 22.9 Å². The minimum absolute atomic E-state index is 0.00813. The van der Waals surface area contributed by atoms with Crippen molar-refractivity contribution in [1.29, 1.82) is 0 Å². The molecule has 0 N–H and O–H groups in total. The highest BCUT2D eigenvalue weighted by molar-refractivity contribution is 7.17. The van der Waals surface area contributed by atoms with Crippen molar-refractivity contribution in [2.45, 2.75) is 39.2 Å². The number of thiophene rings is 1. The summed E-state index contributed by atoms with van der Waals surface area (Å²) >= 11 is 7.44. The number of piperazine rings is 1. The van der Waals surface area contributed by atoms with E-state index in [1.807, 2.05) is 51.9 Å². The number of benzene rings is 1. The number of nitrogens with zero attached hydrogens (tertiary/aromatic N) is 6. The summed E-state index contributed by atoms with van der Waals surface area (Å²) in [5.41, 5.74) is 1.98. The number of hydrogen-bond acceptors (Lipinski definition) is 6. The van der Waals surface area contributed by atoms with Crippen molar-refractivity contribution in [2.75, 3.05) is 31.1 Å². The predicted molar refractivity (Wildman–Crippen MR) is 136 cm³/mol. The van der Waals surface area contributed by atoms with Gasteiger partial charge in [-0.2, -0.15) is 0 Å². The van der Waals surface area contributed by atoms with Crippen molar-refractivity contribution in [1.82, 2.24) is 24.1 Å². The molecule has 0 aliphatic carbocycles. The summed E-state index contributed by atoms with van der Waals surface area (Å²) in [5.74, 6) is 1.55. The first kappa shape index (κ1) is 22.9. The van der Waals surface area contributed by atoms with Gasteiger partial charge in [-0.05, 0) is 48.6 Å². The van der Waals surface area contributed by atoms with Crippen molar-refractivity contribution < 1.29 is 4.79 Å². The van der Waals surface area contributed by atoms with E-state index < -0.39 is 0 Å². The SMILES string of the molecule is CCCn1c(=O)c2sccc2n2c(CCCC(=O)N3CCN(c4ccc(Cl)cc4)CC3)nnc12. The molecule has 1 fully saturated rings. The molecule has 1 amide bonds. The van der Waals surface area contributed by atoms with E-state index in [0.29, 0.717) is 44.7 Å². The number of carbonyl (C=O) groups excluding carboxylic acids is 1. The molecule has 1 aromatic carbocycles. The predicted octanol–water partition coefficient (Wildman–Crippen LogP) is 3.84. The standard InChI is InChI=1S/C24H27ClN6O2S/c1-2-11-30-23(33)22-19(10-16-34-22)31-20(26-27-24(30)31)4-3-5-21(32)29-14-12-28(13-15-29)18-8-6-17(25)7-9-18/h6-10,16H,2-5,11-15H2,1H3. The van der Waals surface area contributed by atoms with Gasteiger partial charge in [-0.15, -0.1) is 21.5 Å². The number of halogens is 1. The van der Waals surface area contributed by atoms with Crippen LogP contribution in [0.5, 0.6) is 0 Å². The first-order chi connectivity index (χ1) is 16.6. The smallest absolute Gasteiger partial charge is 0.272 e. The molecular weight excluding hydrogens is 472 g/mol. The van der Waals surface area contributed by atoms with E-state index in [0.717, 1.165) is 46.3 Å². The molecule has 1 aliphatic rings. The summed E-state index contributed by atoms with van der Waals surface area (Å²) in [6.07, 6.45) is 2.63. The Kier molecular flexibility index (Phi) is 6.56. The molecule has 0 atom stereocenters. The minimum Gasteiger partial charge on any atom is -0.368 e. The number of fused-ring (bicyclic) bond motifs is 3. The van der Waals surface area contributed by atoms with Gasteiger partial charge in [0.25, 0.3) is 5.56 Å². The average molecular weight is 499 g/mol. The van der Waals surface area contributed by atoms with Crippen molar-refractivity contribution in [2.24, 2.45) is 0 Å². The number of aromatic nitrogens is 4. The van der Waals surface area contributed by atoms with Crippen LogP contribution in [-0.4, -0.2) is 56.2 Å². The third-order valence-electron chi connectivity index (χ3n) is 6.34. The summed E-state index contributed by atoms with van der Waals surface area (Å²) in [7, 11) is 0. The van der Waals surface area contributed by atoms with Crippen LogP contribution in [0.1, 0.15) is 32.0 Å². The Hall–Kier alpha value is -2.91. The first-order valence-corrected chi connectivity index (χ1v) is 12.9.